The third-order valence-corrected chi connectivity index (χ3v) is 2.72. The molecule has 22 heavy (non-hydrogen) atoms. The molecule has 0 bridgehead atoms. The molecule has 0 saturated heterocycles. The second kappa shape index (κ2) is 6.35. The molecular weight excluding hydrogens is 290 g/mol. The molecular formula is C14H11N3O5. The fraction of sp³-hybridized carbons (Fsp3) is 0. The minimum absolute atomic E-state index is 0.0930. The van der Waals surface area contributed by atoms with Crippen LogP contribution >= 0.6 is 0 Å². The maximum Gasteiger partial charge on any atom is 0.271 e. The first kappa shape index (κ1) is 15.0. The number of nitrogens with zero attached hydrogens (tertiary/aromatic N) is 2. The molecule has 8 nitrogen and oxygen atoms in total. The van der Waals surface area contributed by atoms with Crippen molar-refractivity contribution in [1.82, 2.24) is 5.43 Å². The van der Waals surface area contributed by atoms with Gasteiger partial charge in [-0.05, 0) is 24.3 Å². The predicted octanol–water partition coefficient (Wildman–Crippen LogP) is 1.77. The van der Waals surface area contributed by atoms with E-state index in [-0.39, 0.29) is 22.7 Å². The molecule has 8 heteroatoms. The molecule has 0 saturated carbocycles. The Morgan fingerprint density at radius 1 is 1.18 bits per heavy atom. The minimum atomic E-state index is -0.562. The summed E-state index contributed by atoms with van der Waals surface area (Å²) < 4.78 is 0. The molecule has 0 heterocycles. The van der Waals surface area contributed by atoms with Gasteiger partial charge in [-0.25, -0.2) is 5.43 Å². The Morgan fingerprint density at radius 2 is 1.86 bits per heavy atom. The topological polar surface area (TPSA) is 125 Å². The van der Waals surface area contributed by atoms with E-state index in [1.165, 1.54) is 42.6 Å². The first-order chi connectivity index (χ1) is 10.5. The summed E-state index contributed by atoms with van der Waals surface area (Å²) in [4.78, 5) is 21.7. The molecule has 2 rings (SSSR count). The van der Waals surface area contributed by atoms with E-state index in [1.54, 1.807) is 0 Å². The first-order valence-corrected chi connectivity index (χ1v) is 6.07. The summed E-state index contributed by atoms with van der Waals surface area (Å²) in [5.41, 5.74) is 2.62. The Bertz CT molecular complexity index is 741. The van der Waals surface area contributed by atoms with E-state index in [9.17, 15) is 20.0 Å². The zero-order valence-electron chi connectivity index (χ0n) is 11.1. The van der Waals surface area contributed by atoms with Crippen molar-refractivity contribution in [3.63, 3.8) is 0 Å². The van der Waals surface area contributed by atoms with Crippen LogP contribution in [-0.2, 0) is 0 Å². The fourth-order valence-corrected chi connectivity index (χ4v) is 1.60. The number of nitro benzene ring substituents is 1. The van der Waals surface area contributed by atoms with Crippen molar-refractivity contribution in [2.75, 3.05) is 0 Å². The van der Waals surface area contributed by atoms with Crippen LogP contribution in [0.4, 0.5) is 5.69 Å². The number of carbonyl (C=O) groups excluding carboxylic acids is 1. The summed E-state index contributed by atoms with van der Waals surface area (Å²) in [6, 6.07) is 8.96. The van der Waals surface area contributed by atoms with Gasteiger partial charge in [-0.15, -0.1) is 0 Å². The molecule has 2 aromatic rings. The monoisotopic (exact) mass is 301 g/mol. The van der Waals surface area contributed by atoms with Crippen molar-refractivity contribution in [3.8, 4) is 11.5 Å². The van der Waals surface area contributed by atoms with Crippen LogP contribution in [0.25, 0.3) is 0 Å². The number of hydrazone groups is 1. The number of non-ortho nitro benzene ring substituents is 1. The molecule has 0 aliphatic carbocycles. The van der Waals surface area contributed by atoms with E-state index in [2.05, 4.69) is 10.5 Å². The lowest BCUT2D eigenvalue weighted by molar-refractivity contribution is -0.384. The Balaban J connectivity index is 2.02. The molecule has 0 aliphatic rings. The highest BCUT2D eigenvalue weighted by Crippen LogP contribution is 2.20. The zero-order chi connectivity index (χ0) is 16.1. The number of nitro groups is 1. The van der Waals surface area contributed by atoms with Crippen LogP contribution < -0.4 is 5.43 Å². The van der Waals surface area contributed by atoms with E-state index < -0.39 is 10.8 Å². The van der Waals surface area contributed by atoms with Gasteiger partial charge in [0.2, 0.25) is 0 Å². The number of rotatable bonds is 4. The fourth-order valence-electron chi connectivity index (χ4n) is 1.60. The molecule has 0 atom stereocenters. The first-order valence-electron chi connectivity index (χ1n) is 6.07. The lowest BCUT2D eigenvalue weighted by Gasteiger charge is -2.01. The summed E-state index contributed by atoms with van der Waals surface area (Å²) >= 11 is 0. The van der Waals surface area contributed by atoms with Gasteiger partial charge < -0.3 is 10.2 Å². The lowest BCUT2D eigenvalue weighted by Crippen LogP contribution is -2.17. The molecule has 112 valence electrons. The van der Waals surface area contributed by atoms with Crippen LogP contribution in [0, 0.1) is 10.1 Å². The molecule has 0 spiro atoms. The van der Waals surface area contributed by atoms with Crippen LogP contribution in [0.5, 0.6) is 11.5 Å². The van der Waals surface area contributed by atoms with E-state index in [0.29, 0.717) is 5.56 Å². The number of carbonyl (C=O) groups is 1. The molecule has 0 aromatic heterocycles. The smallest absolute Gasteiger partial charge is 0.271 e. The van der Waals surface area contributed by atoms with Crippen LogP contribution in [0.15, 0.2) is 47.6 Å². The van der Waals surface area contributed by atoms with Gasteiger partial charge in [0.25, 0.3) is 11.6 Å². The van der Waals surface area contributed by atoms with Gasteiger partial charge in [0, 0.05) is 29.3 Å². The average molecular weight is 301 g/mol. The van der Waals surface area contributed by atoms with Gasteiger partial charge in [0.1, 0.15) is 11.5 Å². The number of benzene rings is 2. The summed E-state index contributed by atoms with van der Waals surface area (Å²) in [7, 11) is 0. The number of phenols is 2. The van der Waals surface area contributed by atoms with Gasteiger partial charge in [-0.3, -0.25) is 14.9 Å². The highest BCUT2D eigenvalue weighted by molar-refractivity contribution is 5.95. The highest BCUT2D eigenvalue weighted by atomic mass is 16.6. The van der Waals surface area contributed by atoms with Crippen LogP contribution in [0.2, 0.25) is 0 Å². The predicted molar refractivity (Wildman–Crippen MR) is 77.9 cm³/mol. The van der Waals surface area contributed by atoms with Gasteiger partial charge in [0.15, 0.2) is 0 Å². The summed E-state index contributed by atoms with van der Waals surface area (Å²) in [6.07, 6.45) is 1.21. The van der Waals surface area contributed by atoms with Crippen LogP contribution in [0.1, 0.15) is 15.9 Å². The largest absolute Gasteiger partial charge is 0.508 e. The quantitative estimate of drug-likeness (QED) is 0.451. The van der Waals surface area contributed by atoms with Gasteiger partial charge in [-0.1, -0.05) is 0 Å². The van der Waals surface area contributed by atoms with Crippen molar-refractivity contribution in [1.29, 1.82) is 0 Å². The van der Waals surface area contributed by atoms with Crippen LogP contribution in [0.3, 0.4) is 0 Å². The Kier molecular flexibility index (Phi) is 4.33. The van der Waals surface area contributed by atoms with Crippen molar-refractivity contribution in [2.24, 2.45) is 5.10 Å². The summed E-state index contributed by atoms with van der Waals surface area (Å²) in [5, 5.41) is 32.8. The number of hydrogen-bond donors (Lipinski definition) is 3. The molecule has 0 radical (unpaired) electrons. The SMILES string of the molecule is O=C(N/N=C\c1ccc(O)cc1O)c1ccc([N+](=O)[O-])cc1. The minimum Gasteiger partial charge on any atom is -0.508 e. The number of aromatic hydroxyl groups is 2. The van der Waals surface area contributed by atoms with Crippen molar-refractivity contribution < 1.29 is 19.9 Å². The van der Waals surface area contributed by atoms with Crippen LogP contribution in [-0.4, -0.2) is 27.3 Å². The van der Waals surface area contributed by atoms with Crippen molar-refractivity contribution in [2.45, 2.75) is 0 Å². The number of nitrogens with one attached hydrogen (secondary N) is 1. The Labute approximate surface area is 124 Å². The molecule has 1 amide bonds. The molecule has 3 N–H and O–H groups in total. The van der Waals surface area contributed by atoms with Gasteiger partial charge in [0.05, 0.1) is 11.1 Å². The molecule has 0 aliphatic heterocycles. The number of amides is 1. The van der Waals surface area contributed by atoms with E-state index in [1.807, 2.05) is 0 Å². The number of hydrogen-bond acceptors (Lipinski definition) is 6. The maximum absolute atomic E-state index is 11.8. The lowest BCUT2D eigenvalue weighted by atomic mass is 10.2. The summed E-state index contributed by atoms with van der Waals surface area (Å²) in [5.74, 6) is -0.831. The third-order valence-electron chi connectivity index (χ3n) is 2.72. The molecule has 0 fully saturated rings. The average Bonchev–Trinajstić information content (AvgIpc) is 2.49. The van der Waals surface area contributed by atoms with E-state index in [4.69, 9.17) is 5.11 Å². The Morgan fingerprint density at radius 3 is 2.45 bits per heavy atom. The summed E-state index contributed by atoms with van der Waals surface area (Å²) in [6.45, 7) is 0. The zero-order valence-corrected chi connectivity index (χ0v) is 11.1. The second-order valence-corrected chi connectivity index (χ2v) is 4.25. The van der Waals surface area contributed by atoms with E-state index in [0.717, 1.165) is 6.07 Å². The Hall–Kier alpha value is -3.42. The number of phenolic OH excluding ortho intramolecular Hbond substituents is 2. The third kappa shape index (κ3) is 3.57. The van der Waals surface area contributed by atoms with Crippen molar-refractivity contribution in [3.05, 3.63) is 63.7 Å². The molecule has 2 aromatic carbocycles. The highest BCUT2D eigenvalue weighted by Gasteiger charge is 2.08. The molecule has 0 unspecified atom stereocenters. The standard InChI is InChI=1S/C14H11N3O5/c18-12-6-3-10(13(19)7-12)8-15-16-14(20)9-1-4-11(5-2-9)17(21)22/h1-8,18-19H,(H,16,20)/b15-8-. The van der Waals surface area contributed by atoms with Crippen molar-refractivity contribution >= 4 is 17.8 Å². The van der Waals surface area contributed by atoms with Gasteiger partial charge >= 0.3 is 0 Å². The second-order valence-electron chi connectivity index (χ2n) is 4.25. The van der Waals surface area contributed by atoms with Gasteiger partial charge in [-0.2, -0.15) is 5.10 Å². The maximum atomic E-state index is 11.8. The van der Waals surface area contributed by atoms with E-state index >= 15 is 0 Å². The normalized spacial score (nSPS) is 10.5.